The lowest BCUT2D eigenvalue weighted by molar-refractivity contribution is -0.117. The minimum Gasteiger partial charge on any atom is -0.325 e. The molecule has 0 aliphatic carbocycles. The van der Waals surface area contributed by atoms with E-state index in [0.717, 1.165) is 24.3 Å². The van der Waals surface area contributed by atoms with E-state index < -0.39 is 0 Å². The van der Waals surface area contributed by atoms with Gasteiger partial charge in [-0.1, -0.05) is 55.5 Å². The van der Waals surface area contributed by atoms with Gasteiger partial charge in [-0.3, -0.25) is 9.69 Å². The van der Waals surface area contributed by atoms with Crippen LogP contribution in [0.2, 0.25) is 0 Å². The Labute approximate surface area is 126 Å². The maximum atomic E-state index is 12.2. The van der Waals surface area contributed by atoms with Crippen LogP contribution >= 0.6 is 0 Å². The van der Waals surface area contributed by atoms with E-state index in [1.807, 2.05) is 49.4 Å². The lowest BCUT2D eigenvalue weighted by Gasteiger charge is -2.20. The number of amides is 1. The molecule has 110 valence electrons. The molecule has 0 aromatic heterocycles. The van der Waals surface area contributed by atoms with Crippen LogP contribution in [-0.4, -0.2) is 23.9 Å². The summed E-state index contributed by atoms with van der Waals surface area (Å²) in [5.74, 6) is 0.0297. The second-order valence-corrected chi connectivity index (χ2v) is 5.15. The molecule has 3 nitrogen and oxygen atoms in total. The van der Waals surface area contributed by atoms with Gasteiger partial charge in [-0.05, 0) is 30.7 Å². The average Bonchev–Trinajstić information content (AvgIpc) is 2.50. The van der Waals surface area contributed by atoms with Crippen molar-refractivity contribution >= 4 is 11.6 Å². The Morgan fingerprint density at radius 1 is 1.05 bits per heavy atom. The Morgan fingerprint density at radius 2 is 1.71 bits per heavy atom. The van der Waals surface area contributed by atoms with Crippen molar-refractivity contribution in [1.29, 1.82) is 0 Å². The van der Waals surface area contributed by atoms with Crippen LogP contribution in [-0.2, 0) is 11.3 Å². The number of nitrogens with zero attached hydrogens (tertiary/aromatic N) is 1. The van der Waals surface area contributed by atoms with Gasteiger partial charge in [-0.2, -0.15) is 0 Å². The highest BCUT2D eigenvalue weighted by molar-refractivity contribution is 5.92. The van der Waals surface area contributed by atoms with E-state index in [-0.39, 0.29) is 5.91 Å². The van der Waals surface area contributed by atoms with Gasteiger partial charge in [0.05, 0.1) is 6.54 Å². The Hall–Kier alpha value is -2.13. The van der Waals surface area contributed by atoms with Crippen molar-refractivity contribution in [3.63, 3.8) is 0 Å². The standard InChI is InChI=1S/C18H22N2O/c1-3-20(13-16-10-5-4-6-11-16)14-18(21)19-17-12-8-7-9-15(17)2/h4-12H,3,13-14H2,1-2H3,(H,19,21). The lowest BCUT2D eigenvalue weighted by atomic mass is 10.2. The van der Waals surface area contributed by atoms with Gasteiger partial charge in [0, 0.05) is 12.2 Å². The van der Waals surface area contributed by atoms with Gasteiger partial charge < -0.3 is 5.32 Å². The van der Waals surface area contributed by atoms with Crippen LogP contribution in [0.25, 0.3) is 0 Å². The predicted octanol–water partition coefficient (Wildman–Crippen LogP) is 3.46. The molecule has 0 saturated carbocycles. The Bertz CT molecular complexity index is 581. The summed E-state index contributed by atoms with van der Waals surface area (Å²) in [5, 5.41) is 2.98. The van der Waals surface area contributed by atoms with E-state index in [0.29, 0.717) is 6.54 Å². The monoisotopic (exact) mass is 282 g/mol. The number of likely N-dealkylation sites (N-methyl/N-ethyl adjacent to an activating group) is 1. The topological polar surface area (TPSA) is 32.3 Å². The number of carbonyl (C=O) groups excluding carboxylic acids is 1. The lowest BCUT2D eigenvalue weighted by Crippen LogP contribution is -2.32. The molecule has 0 saturated heterocycles. The molecule has 0 bridgehead atoms. The van der Waals surface area contributed by atoms with Crippen molar-refractivity contribution in [2.45, 2.75) is 20.4 Å². The first-order valence-corrected chi connectivity index (χ1v) is 7.31. The molecule has 1 N–H and O–H groups in total. The summed E-state index contributed by atoms with van der Waals surface area (Å²) >= 11 is 0. The number of para-hydroxylation sites is 1. The number of rotatable bonds is 6. The molecule has 0 atom stereocenters. The van der Waals surface area contributed by atoms with E-state index in [1.165, 1.54) is 5.56 Å². The highest BCUT2D eigenvalue weighted by Gasteiger charge is 2.10. The van der Waals surface area contributed by atoms with Crippen LogP contribution in [0.5, 0.6) is 0 Å². The fourth-order valence-corrected chi connectivity index (χ4v) is 2.23. The van der Waals surface area contributed by atoms with Crippen LogP contribution in [0.1, 0.15) is 18.1 Å². The largest absolute Gasteiger partial charge is 0.325 e. The van der Waals surface area contributed by atoms with Crippen LogP contribution in [0.15, 0.2) is 54.6 Å². The first-order chi connectivity index (χ1) is 10.2. The highest BCUT2D eigenvalue weighted by Crippen LogP contribution is 2.13. The van der Waals surface area contributed by atoms with Crippen molar-refractivity contribution < 1.29 is 4.79 Å². The Morgan fingerprint density at radius 3 is 2.38 bits per heavy atom. The molecule has 2 aromatic carbocycles. The molecule has 0 radical (unpaired) electrons. The first-order valence-electron chi connectivity index (χ1n) is 7.31. The minimum atomic E-state index is 0.0297. The van der Waals surface area contributed by atoms with Crippen molar-refractivity contribution in [1.82, 2.24) is 4.90 Å². The Balaban J connectivity index is 1.92. The van der Waals surface area contributed by atoms with E-state index in [9.17, 15) is 4.79 Å². The second-order valence-electron chi connectivity index (χ2n) is 5.15. The third-order valence-corrected chi connectivity index (χ3v) is 3.48. The molecule has 2 rings (SSSR count). The first kappa shape index (κ1) is 15.3. The van der Waals surface area contributed by atoms with Gasteiger partial charge in [0.2, 0.25) is 5.91 Å². The summed E-state index contributed by atoms with van der Waals surface area (Å²) in [5.41, 5.74) is 3.19. The second kappa shape index (κ2) is 7.60. The van der Waals surface area contributed by atoms with Gasteiger partial charge in [-0.15, -0.1) is 0 Å². The summed E-state index contributed by atoms with van der Waals surface area (Å²) in [4.78, 5) is 14.3. The summed E-state index contributed by atoms with van der Waals surface area (Å²) in [6, 6.07) is 18.1. The quantitative estimate of drug-likeness (QED) is 0.880. The third kappa shape index (κ3) is 4.72. The van der Waals surface area contributed by atoms with Crippen molar-refractivity contribution in [3.8, 4) is 0 Å². The molecule has 0 aliphatic rings. The normalized spacial score (nSPS) is 10.6. The van der Waals surface area contributed by atoms with Crippen molar-refractivity contribution in [2.75, 3.05) is 18.4 Å². The fourth-order valence-electron chi connectivity index (χ4n) is 2.23. The molecule has 0 aliphatic heterocycles. The fraction of sp³-hybridized carbons (Fsp3) is 0.278. The van der Waals surface area contributed by atoms with Gasteiger partial charge in [0.15, 0.2) is 0 Å². The van der Waals surface area contributed by atoms with Crippen LogP contribution in [0.3, 0.4) is 0 Å². The van der Waals surface area contributed by atoms with Crippen molar-refractivity contribution in [3.05, 3.63) is 65.7 Å². The number of hydrogen-bond donors (Lipinski definition) is 1. The molecule has 3 heteroatoms. The summed E-state index contributed by atoms with van der Waals surface area (Å²) in [6.07, 6.45) is 0. The SMILES string of the molecule is CCN(CC(=O)Nc1ccccc1C)Cc1ccccc1. The molecular formula is C18H22N2O. The van der Waals surface area contributed by atoms with E-state index in [2.05, 4.69) is 29.3 Å². The molecule has 1 amide bonds. The molecule has 0 spiro atoms. The number of benzene rings is 2. The molecule has 0 unspecified atom stereocenters. The van der Waals surface area contributed by atoms with Gasteiger partial charge in [0.25, 0.3) is 0 Å². The number of carbonyl (C=O) groups is 1. The zero-order valence-corrected chi connectivity index (χ0v) is 12.7. The van der Waals surface area contributed by atoms with Crippen LogP contribution in [0, 0.1) is 6.92 Å². The minimum absolute atomic E-state index is 0.0297. The molecule has 2 aromatic rings. The number of anilines is 1. The Kier molecular flexibility index (Phi) is 5.52. The highest BCUT2D eigenvalue weighted by atomic mass is 16.2. The van der Waals surface area contributed by atoms with Crippen LogP contribution < -0.4 is 5.32 Å². The molecule has 0 fully saturated rings. The van der Waals surface area contributed by atoms with Gasteiger partial charge >= 0.3 is 0 Å². The van der Waals surface area contributed by atoms with Crippen LogP contribution in [0.4, 0.5) is 5.69 Å². The van der Waals surface area contributed by atoms with Gasteiger partial charge in [-0.25, -0.2) is 0 Å². The zero-order valence-electron chi connectivity index (χ0n) is 12.7. The maximum Gasteiger partial charge on any atom is 0.238 e. The molecule has 0 heterocycles. The van der Waals surface area contributed by atoms with Gasteiger partial charge in [0.1, 0.15) is 0 Å². The van der Waals surface area contributed by atoms with E-state index in [1.54, 1.807) is 0 Å². The average molecular weight is 282 g/mol. The van der Waals surface area contributed by atoms with E-state index >= 15 is 0 Å². The smallest absolute Gasteiger partial charge is 0.238 e. The number of aryl methyl sites for hydroxylation is 1. The summed E-state index contributed by atoms with van der Waals surface area (Å²) < 4.78 is 0. The molecule has 21 heavy (non-hydrogen) atoms. The summed E-state index contributed by atoms with van der Waals surface area (Å²) in [6.45, 7) is 6.11. The summed E-state index contributed by atoms with van der Waals surface area (Å²) in [7, 11) is 0. The number of hydrogen-bond acceptors (Lipinski definition) is 2. The molecular weight excluding hydrogens is 260 g/mol. The maximum absolute atomic E-state index is 12.2. The van der Waals surface area contributed by atoms with Crippen molar-refractivity contribution in [2.24, 2.45) is 0 Å². The third-order valence-electron chi connectivity index (χ3n) is 3.48. The predicted molar refractivity (Wildman–Crippen MR) is 87.2 cm³/mol. The zero-order chi connectivity index (χ0) is 15.1. The number of nitrogens with one attached hydrogen (secondary N) is 1. The van der Waals surface area contributed by atoms with E-state index in [4.69, 9.17) is 0 Å².